The van der Waals surface area contributed by atoms with Gasteiger partial charge in [-0.05, 0) is 19.9 Å². The summed E-state index contributed by atoms with van der Waals surface area (Å²) in [4.78, 5) is 14.3. The van der Waals surface area contributed by atoms with Crippen LogP contribution in [0.25, 0.3) is 10.9 Å². The summed E-state index contributed by atoms with van der Waals surface area (Å²) in [7, 11) is 1.86. The van der Waals surface area contributed by atoms with Crippen LogP contribution in [0.4, 0.5) is 0 Å². The summed E-state index contributed by atoms with van der Waals surface area (Å²) in [6.07, 6.45) is 1.62. The molecular formula is C12H13N3O. The molecular weight excluding hydrogens is 202 g/mol. The Morgan fingerprint density at radius 1 is 1.38 bits per heavy atom. The Balaban J connectivity index is 2.77. The Labute approximate surface area is 93.6 Å². The fourth-order valence-electron chi connectivity index (χ4n) is 2.04. The van der Waals surface area contributed by atoms with Gasteiger partial charge < -0.3 is 0 Å². The van der Waals surface area contributed by atoms with E-state index in [0.717, 1.165) is 16.6 Å². The lowest BCUT2D eigenvalue weighted by atomic mass is 9.98. The molecule has 0 saturated heterocycles. The van der Waals surface area contributed by atoms with Gasteiger partial charge in [-0.2, -0.15) is 10.1 Å². The van der Waals surface area contributed by atoms with Gasteiger partial charge in [-0.1, -0.05) is 18.2 Å². The number of rotatable bonds is 2. The molecule has 0 bridgehead atoms. The summed E-state index contributed by atoms with van der Waals surface area (Å²) >= 11 is 0. The maximum Gasteiger partial charge on any atom is 0.235 e. The minimum atomic E-state index is -0.605. The summed E-state index contributed by atoms with van der Waals surface area (Å²) in [5.41, 5.74) is 1.23. The van der Waals surface area contributed by atoms with Crippen molar-refractivity contribution in [1.82, 2.24) is 9.78 Å². The third-order valence-corrected chi connectivity index (χ3v) is 2.65. The van der Waals surface area contributed by atoms with Crippen LogP contribution < -0.4 is 0 Å². The number of benzene rings is 1. The molecule has 0 fully saturated rings. The molecule has 0 N–H and O–H groups in total. The highest BCUT2D eigenvalue weighted by Crippen LogP contribution is 2.30. The lowest BCUT2D eigenvalue weighted by Crippen LogP contribution is -2.18. The molecule has 82 valence electrons. The zero-order chi connectivity index (χ0) is 11.8. The Bertz CT molecular complexity index is 577. The van der Waals surface area contributed by atoms with E-state index in [1.165, 1.54) is 0 Å². The zero-order valence-corrected chi connectivity index (χ0v) is 9.56. The average molecular weight is 215 g/mol. The predicted molar refractivity (Wildman–Crippen MR) is 61.9 cm³/mol. The number of carbonyl (C=O) groups excluding carboxylic acids is 1. The van der Waals surface area contributed by atoms with E-state index >= 15 is 0 Å². The summed E-state index contributed by atoms with van der Waals surface area (Å²) in [5.74, 6) is 0. The molecule has 1 heterocycles. The van der Waals surface area contributed by atoms with Crippen LogP contribution >= 0.6 is 0 Å². The lowest BCUT2D eigenvalue weighted by Gasteiger charge is -2.18. The van der Waals surface area contributed by atoms with Gasteiger partial charge in [0.1, 0.15) is 5.54 Å². The molecule has 1 aromatic heterocycles. The largest absolute Gasteiger partial charge is 0.269 e. The molecule has 0 unspecified atom stereocenters. The maximum atomic E-state index is 10.4. The fourth-order valence-corrected chi connectivity index (χ4v) is 2.04. The van der Waals surface area contributed by atoms with Gasteiger partial charge in [0.2, 0.25) is 6.08 Å². The number of fused-ring (bicyclic) bond motifs is 1. The molecule has 0 aliphatic rings. The molecule has 16 heavy (non-hydrogen) atoms. The van der Waals surface area contributed by atoms with Crippen LogP contribution in [0, 0.1) is 0 Å². The molecule has 2 rings (SSSR count). The fraction of sp³-hybridized carbons (Fsp3) is 0.333. The highest BCUT2D eigenvalue weighted by Gasteiger charge is 2.26. The molecule has 4 nitrogen and oxygen atoms in total. The molecule has 0 saturated carbocycles. The number of hydrogen-bond donors (Lipinski definition) is 0. The van der Waals surface area contributed by atoms with Crippen molar-refractivity contribution >= 4 is 17.0 Å². The normalized spacial score (nSPS) is 11.4. The van der Waals surface area contributed by atoms with Crippen LogP contribution in [-0.2, 0) is 17.4 Å². The van der Waals surface area contributed by atoms with Gasteiger partial charge in [0.15, 0.2) is 0 Å². The van der Waals surface area contributed by atoms with E-state index in [-0.39, 0.29) is 0 Å². The molecule has 0 amide bonds. The van der Waals surface area contributed by atoms with Gasteiger partial charge in [0, 0.05) is 12.4 Å². The second-order valence-corrected chi connectivity index (χ2v) is 4.25. The highest BCUT2D eigenvalue weighted by atomic mass is 16.1. The van der Waals surface area contributed by atoms with Crippen molar-refractivity contribution in [3.05, 3.63) is 30.0 Å². The molecule has 4 heteroatoms. The average Bonchev–Trinajstić information content (AvgIpc) is 2.53. The van der Waals surface area contributed by atoms with E-state index in [1.807, 2.05) is 45.2 Å². The standard InChI is InChI=1S/C12H13N3O/c1-12(2,13-8-16)11-9-6-4-5-7-10(9)14-15(11)3/h4-7H,1-3H3. The van der Waals surface area contributed by atoms with Crippen molar-refractivity contribution in [1.29, 1.82) is 0 Å². The van der Waals surface area contributed by atoms with Gasteiger partial charge in [0.05, 0.1) is 11.2 Å². The second kappa shape index (κ2) is 3.58. The molecule has 1 aromatic carbocycles. The van der Waals surface area contributed by atoms with Crippen molar-refractivity contribution in [2.24, 2.45) is 12.0 Å². The monoisotopic (exact) mass is 215 g/mol. The topological polar surface area (TPSA) is 47.2 Å². The third-order valence-electron chi connectivity index (χ3n) is 2.65. The summed E-state index contributed by atoms with van der Waals surface area (Å²) in [6.45, 7) is 3.75. The summed E-state index contributed by atoms with van der Waals surface area (Å²) in [5, 5.41) is 5.41. The van der Waals surface area contributed by atoms with Crippen molar-refractivity contribution in [2.75, 3.05) is 0 Å². The van der Waals surface area contributed by atoms with E-state index in [2.05, 4.69) is 10.1 Å². The van der Waals surface area contributed by atoms with Gasteiger partial charge >= 0.3 is 0 Å². The molecule has 2 aromatic rings. The van der Waals surface area contributed by atoms with Crippen LogP contribution in [0.2, 0.25) is 0 Å². The first kappa shape index (κ1) is 10.6. The predicted octanol–water partition coefficient (Wildman–Crippen LogP) is 2.14. The number of hydrogen-bond acceptors (Lipinski definition) is 3. The van der Waals surface area contributed by atoms with E-state index in [9.17, 15) is 4.79 Å². The molecule has 0 spiro atoms. The number of nitrogens with zero attached hydrogens (tertiary/aromatic N) is 3. The lowest BCUT2D eigenvalue weighted by molar-refractivity contribution is 0.490. The number of aryl methyl sites for hydroxylation is 1. The number of aromatic nitrogens is 2. The first-order valence-corrected chi connectivity index (χ1v) is 5.07. The van der Waals surface area contributed by atoms with Crippen molar-refractivity contribution in [3.8, 4) is 0 Å². The van der Waals surface area contributed by atoms with Crippen LogP contribution in [-0.4, -0.2) is 15.9 Å². The minimum Gasteiger partial charge on any atom is -0.269 e. The summed E-state index contributed by atoms with van der Waals surface area (Å²) in [6, 6.07) is 7.82. The van der Waals surface area contributed by atoms with Gasteiger partial charge in [-0.15, -0.1) is 0 Å². The maximum absolute atomic E-state index is 10.4. The first-order chi connectivity index (χ1) is 7.56. The third kappa shape index (κ3) is 1.53. The van der Waals surface area contributed by atoms with Gasteiger partial charge in [-0.3, -0.25) is 4.68 Å². The molecule has 0 radical (unpaired) electrons. The molecule has 0 aliphatic carbocycles. The van der Waals surface area contributed by atoms with Crippen LogP contribution in [0.5, 0.6) is 0 Å². The number of isocyanates is 1. The highest BCUT2D eigenvalue weighted by molar-refractivity contribution is 5.82. The van der Waals surface area contributed by atoms with Gasteiger partial charge in [-0.25, -0.2) is 4.79 Å². The van der Waals surface area contributed by atoms with E-state index < -0.39 is 5.54 Å². The van der Waals surface area contributed by atoms with Crippen LogP contribution in [0.1, 0.15) is 19.5 Å². The molecule has 0 atom stereocenters. The quantitative estimate of drug-likeness (QED) is 0.569. The van der Waals surface area contributed by atoms with Crippen LogP contribution in [0.3, 0.4) is 0 Å². The van der Waals surface area contributed by atoms with E-state index in [0.29, 0.717) is 0 Å². The Hall–Kier alpha value is -1.93. The van der Waals surface area contributed by atoms with Crippen LogP contribution in [0.15, 0.2) is 29.3 Å². The van der Waals surface area contributed by atoms with E-state index in [1.54, 1.807) is 10.8 Å². The second-order valence-electron chi connectivity index (χ2n) is 4.25. The minimum absolute atomic E-state index is 0.605. The molecule has 0 aliphatic heterocycles. The Morgan fingerprint density at radius 3 is 2.75 bits per heavy atom. The number of aliphatic imine (C=N–C) groups is 1. The SMILES string of the molecule is Cn1nc2ccccc2c1C(C)(C)N=C=O. The summed E-state index contributed by atoms with van der Waals surface area (Å²) < 4.78 is 1.77. The van der Waals surface area contributed by atoms with Gasteiger partial charge in [0.25, 0.3) is 0 Å². The Morgan fingerprint density at radius 2 is 2.06 bits per heavy atom. The van der Waals surface area contributed by atoms with Crippen molar-refractivity contribution < 1.29 is 4.79 Å². The smallest absolute Gasteiger partial charge is 0.235 e. The Kier molecular flexibility index (Phi) is 2.37. The first-order valence-electron chi connectivity index (χ1n) is 5.07. The van der Waals surface area contributed by atoms with E-state index in [4.69, 9.17) is 0 Å². The van der Waals surface area contributed by atoms with Crippen molar-refractivity contribution in [3.63, 3.8) is 0 Å². The van der Waals surface area contributed by atoms with Crippen molar-refractivity contribution in [2.45, 2.75) is 19.4 Å². The zero-order valence-electron chi connectivity index (χ0n) is 9.56.